The minimum atomic E-state index is 0.727. The fraction of sp³-hybridized carbons (Fsp3) is 0.333. The van der Waals surface area contributed by atoms with Crippen molar-refractivity contribution in [3.05, 3.63) is 34.3 Å². The van der Waals surface area contributed by atoms with E-state index in [-0.39, 0.29) is 0 Å². The van der Waals surface area contributed by atoms with Gasteiger partial charge < -0.3 is 5.32 Å². The Hall–Kier alpha value is -0.970. The molecule has 0 aliphatic carbocycles. The normalized spacial score (nSPS) is 10.7. The first-order chi connectivity index (χ1) is 8.31. The highest BCUT2D eigenvalue weighted by Gasteiger charge is 2.09. The Morgan fingerprint density at radius 3 is 2.88 bits per heavy atom. The smallest absolute Gasteiger partial charge is 0.149 e. The topological polar surface area (TPSA) is 37.8 Å². The van der Waals surface area contributed by atoms with Crippen LogP contribution in [0.1, 0.15) is 11.4 Å². The lowest BCUT2D eigenvalue weighted by atomic mass is 10.2. The number of benzene rings is 1. The first-order valence-corrected chi connectivity index (χ1v) is 6.72. The molecular weight excluding hydrogens is 254 g/mol. The fourth-order valence-corrected chi connectivity index (χ4v) is 2.72. The summed E-state index contributed by atoms with van der Waals surface area (Å²) in [6.07, 6.45) is 2.04. The van der Waals surface area contributed by atoms with Crippen LogP contribution in [-0.2, 0) is 6.42 Å². The van der Waals surface area contributed by atoms with Crippen molar-refractivity contribution in [2.24, 2.45) is 0 Å². The van der Waals surface area contributed by atoms with Gasteiger partial charge in [-0.05, 0) is 26.1 Å². The van der Waals surface area contributed by atoms with E-state index in [0.29, 0.717) is 0 Å². The van der Waals surface area contributed by atoms with Crippen LogP contribution in [-0.4, -0.2) is 23.8 Å². The van der Waals surface area contributed by atoms with E-state index in [9.17, 15) is 0 Å². The molecule has 0 bridgehead atoms. The van der Waals surface area contributed by atoms with Gasteiger partial charge >= 0.3 is 0 Å². The van der Waals surface area contributed by atoms with Crippen molar-refractivity contribution in [2.45, 2.75) is 12.8 Å². The van der Waals surface area contributed by atoms with Gasteiger partial charge in [-0.25, -0.2) is 0 Å². The van der Waals surface area contributed by atoms with Gasteiger partial charge in [0.05, 0.1) is 5.02 Å². The predicted molar refractivity (Wildman–Crippen MR) is 72.6 cm³/mol. The molecule has 1 aromatic carbocycles. The summed E-state index contributed by atoms with van der Waals surface area (Å²) in [4.78, 5) is 0. The van der Waals surface area contributed by atoms with E-state index in [0.717, 1.165) is 40.0 Å². The molecule has 0 radical (unpaired) electrons. The lowest BCUT2D eigenvalue weighted by Gasteiger charge is -1.97. The summed E-state index contributed by atoms with van der Waals surface area (Å²) in [6.45, 7) is 1.00. The molecule has 0 unspecified atom stereocenters. The standard InChI is InChI=1S/C12H14ClN3S/c1-14-8-4-7-11-15-16-12(17-11)9-5-2-3-6-10(9)13/h2-3,5-6,14H,4,7-8H2,1H3. The highest BCUT2D eigenvalue weighted by atomic mass is 35.5. The molecule has 0 saturated heterocycles. The molecule has 0 saturated carbocycles. The molecule has 0 atom stereocenters. The second-order valence-corrected chi connectivity index (χ2v) is 5.16. The molecule has 0 aliphatic rings. The van der Waals surface area contributed by atoms with Crippen molar-refractivity contribution in [2.75, 3.05) is 13.6 Å². The maximum absolute atomic E-state index is 6.12. The maximum atomic E-state index is 6.12. The second kappa shape index (κ2) is 6.10. The van der Waals surface area contributed by atoms with Gasteiger partial charge in [0.15, 0.2) is 0 Å². The number of hydrogen-bond acceptors (Lipinski definition) is 4. The lowest BCUT2D eigenvalue weighted by molar-refractivity contribution is 0.718. The minimum Gasteiger partial charge on any atom is -0.320 e. The van der Waals surface area contributed by atoms with Crippen molar-refractivity contribution >= 4 is 22.9 Å². The molecule has 0 amide bonds. The third kappa shape index (κ3) is 3.25. The van der Waals surface area contributed by atoms with E-state index < -0.39 is 0 Å². The van der Waals surface area contributed by atoms with Gasteiger partial charge in [-0.2, -0.15) is 0 Å². The SMILES string of the molecule is CNCCCc1nnc(-c2ccccc2Cl)s1. The van der Waals surface area contributed by atoms with Crippen LogP contribution in [0.15, 0.2) is 24.3 Å². The van der Waals surface area contributed by atoms with Gasteiger partial charge in [0, 0.05) is 12.0 Å². The third-order valence-electron chi connectivity index (χ3n) is 2.39. The van der Waals surface area contributed by atoms with Crippen molar-refractivity contribution < 1.29 is 0 Å². The van der Waals surface area contributed by atoms with Gasteiger partial charge in [0.2, 0.25) is 0 Å². The molecular formula is C12H14ClN3S. The van der Waals surface area contributed by atoms with E-state index in [2.05, 4.69) is 15.5 Å². The zero-order chi connectivity index (χ0) is 12.1. The van der Waals surface area contributed by atoms with Crippen LogP contribution in [0.4, 0.5) is 0 Å². The number of aromatic nitrogens is 2. The predicted octanol–water partition coefficient (Wildman–Crippen LogP) is 3.01. The Bertz CT molecular complexity index is 484. The van der Waals surface area contributed by atoms with Crippen LogP contribution in [0.2, 0.25) is 5.02 Å². The summed E-state index contributed by atoms with van der Waals surface area (Å²) in [5.41, 5.74) is 0.964. The van der Waals surface area contributed by atoms with Gasteiger partial charge in [-0.1, -0.05) is 41.1 Å². The molecule has 0 aliphatic heterocycles. The lowest BCUT2D eigenvalue weighted by Crippen LogP contribution is -2.08. The highest BCUT2D eigenvalue weighted by molar-refractivity contribution is 7.14. The van der Waals surface area contributed by atoms with Crippen molar-refractivity contribution in [1.82, 2.24) is 15.5 Å². The fourth-order valence-electron chi connectivity index (χ4n) is 1.51. The molecule has 2 aromatic rings. The summed E-state index contributed by atoms with van der Waals surface area (Å²) >= 11 is 7.74. The van der Waals surface area contributed by atoms with Crippen LogP contribution < -0.4 is 5.32 Å². The minimum absolute atomic E-state index is 0.727. The van der Waals surface area contributed by atoms with Crippen LogP contribution in [0.25, 0.3) is 10.6 Å². The van der Waals surface area contributed by atoms with Crippen LogP contribution in [0.3, 0.4) is 0 Å². The summed E-state index contributed by atoms with van der Waals surface area (Å²) in [6, 6.07) is 7.73. The van der Waals surface area contributed by atoms with E-state index >= 15 is 0 Å². The van der Waals surface area contributed by atoms with Crippen molar-refractivity contribution in [3.8, 4) is 10.6 Å². The molecule has 1 heterocycles. The number of nitrogens with one attached hydrogen (secondary N) is 1. The summed E-state index contributed by atoms with van der Waals surface area (Å²) in [7, 11) is 1.95. The average molecular weight is 268 g/mol. The Labute approximate surface area is 110 Å². The first kappa shape index (κ1) is 12.5. The molecule has 5 heteroatoms. The van der Waals surface area contributed by atoms with E-state index in [1.165, 1.54) is 0 Å². The molecule has 2 rings (SSSR count). The molecule has 0 fully saturated rings. The molecule has 1 aromatic heterocycles. The molecule has 3 nitrogen and oxygen atoms in total. The quantitative estimate of drug-likeness (QED) is 0.847. The first-order valence-electron chi connectivity index (χ1n) is 5.53. The zero-order valence-electron chi connectivity index (χ0n) is 9.61. The Kier molecular flexibility index (Phi) is 4.48. The monoisotopic (exact) mass is 267 g/mol. The van der Waals surface area contributed by atoms with E-state index in [1.54, 1.807) is 11.3 Å². The Morgan fingerprint density at radius 1 is 1.29 bits per heavy atom. The molecule has 1 N–H and O–H groups in total. The number of hydrogen-bond donors (Lipinski definition) is 1. The van der Waals surface area contributed by atoms with Crippen LogP contribution in [0, 0.1) is 0 Å². The Balaban J connectivity index is 2.10. The van der Waals surface area contributed by atoms with Crippen molar-refractivity contribution in [1.29, 1.82) is 0 Å². The van der Waals surface area contributed by atoms with Gasteiger partial charge in [0.1, 0.15) is 10.0 Å². The summed E-state index contributed by atoms with van der Waals surface area (Å²) < 4.78 is 0. The number of aryl methyl sites for hydroxylation is 1. The molecule has 90 valence electrons. The second-order valence-electron chi connectivity index (χ2n) is 3.69. The average Bonchev–Trinajstić information content (AvgIpc) is 2.79. The molecule has 0 spiro atoms. The number of rotatable bonds is 5. The maximum Gasteiger partial charge on any atom is 0.149 e. The van der Waals surface area contributed by atoms with Crippen LogP contribution in [0.5, 0.6) is 0 Å². The van der Waals surface area contributed by atoms with Crippen molar-refractivity contribution in [3.63, 3.8) is 0 Å². The zero-order valence-corrected chi connectivity index (χ0v) is 11.2. The van der Waals surface area contributed by atoms with E-state index in [4.69, 9.17) is 11.6 Å². The number of halogens is 1. The van der Waals surface area contributed by atoms with E-state index in [1.807, 2.05) is 31.3 Å². The van der Waals surface area contributed by atoms with Gasteiger partial charge in [-0.3, -0.25) is 0 Å². The third-order valence-corrected chi connectivity index (χ3v) is 3.73. The summed E-state index contributed by atoms with van der Waals surface area (Å²) in [5, 5.41) is 14.2. The van der Waals surface area contributed by atoms with Crippen LogP contribution >= 0.6 is 22.9 Å². The van der Waals surface area contributed by atoms with Gasteiger partial charge in [-0.15, -0.1) is 10.2 Å². The van der Waals surface area contributed by atoms with Gasteiger partial charge in [0.25, 0.3) is 0 Å². The highest BCUT2D eigenvalue weighted by Crippen LogP contribution is 2.30. The number of nitrogens with zero attached hydrogens (tertiary/aromatic N) is 2. The molecule has 17 heavy (non-hydrogen) atoms. The Morgan fingerprint density at radius 2 is 2.12 bits per heavy atom. The summed E-state index contributed by atoms with van der Waals surface area (Å²) in [5.74, 6) is 0. The largest absolute Gasteiger partial charge is 0.320 e.